The highest BCUT2D eigenvalue weighted by Gasteiger charge is 2.33. The minimum atomic E-state index is -0.252. The quantitative estimate of drug-likeness (QED) is 0.873. The lowest BCUT2D eigenvalue weighted by Gasteiger charge is -2.40. The molecule has 4 nitrogen and oxygen atoms in total. The number of piperazine rings is 1. The van der Waals surface area contributed by atoms with Gasteiger partial charge in [-0.1, -0.05) is 25.1 Å². The van der Waals surface area contributed by atoms with Gasteiger partial charge in [0.15, 0.2) is 0 Å². The number of benzene rings is 1. The highest BCUT2D eigenvalue weighted by Crippen LogP contribution is 2.28. The molecular weight excluding hydrogens is 257 g/mol. The minimum Gasteiger partial charge on any atom is -0.358 e. The summed E-state index contributed by atoms with van der Waals surface area (Å²) in [5.74, 6) is -0.222. The Balaban J connectivity index is 2.29. The minimum absolute atomic E-state index is 0.0213. The van der Waals surface area contributed by atoms with E-state index < -0.39 is 0 Å². The first-order valence-electron chi connectivity index (χ1n) is 7.11. The van der Waals surface area contributed by atoms with Crippen LogP contribution in [0, 0.1) is 5.82 Å². The van der Waals surface area contributed by atoms with Crippen LogP contribution in [0.1, 0.15) is 24.9 Å². The third-order valence-electron chi connectivity index (χ3n) is 3.89. The number of likely N-dealkylation sites (N-methyl/N-ethyl adjacent to an activating group) is 1. The van der Waals surface area contributed by atoms with E-state index in [9.17, 15) is 9.18 Å². The molecule has 5 heteroatoms. The number of carbonyl (C=O) groups is 1. The van der Waals surface area contributed by atoms with Crippen LogP contribution in [0.2, 0.25) is 0 Å². The van der Waals surface area contributed by atoms with E-state index in [1.165, 1.54) is 6.07 Å². The Kier molecular flexibility index (Phi) is 5.09. The van der Waals surface area contributed by atoms with Gasteiger partial charge < -0.3 is 10.6 Å². The number of hydrogen-bond acceptors (Lipinski definition) is 3. The van der Waals surface area contributed by atoms with Crippen molar-refractivity contribution in [2.24, 2.45) is 0 Å². The summed E-state index contributed by atoms with van der Waals surface area (Å²) in [6.45, 7) is 4.19. The first-order chi connectivity index (χ1) is 9.69. The molecule has 0 aliphatic carbocycles. The second-order valence-corrected chi connectivity index (χ2v) is 5.02. The van der Waals surface area contributed by atoms with Gasteiger partial charge in [0.25, 0.3) is 0 Å². The largest absolute Gasteiger partial charge is 0.358 e. The highest BCUT2D eigenvalue weighted by molar-refractivity contribution is 5.81. The molecule has 1 heterocycles. The molecule has 0 radical (unpaired) electrons. The third kappa shape index (κ3) is 2.99. The Morgan fingerprint density at radius 3 is 2.95 bits per heavy atom. The molecule has 0 saturated carbocycles. The number of nitrogens with zero attached hydrogens (tertiary/aromatic N) is 1. The van der Waals surface area contributed by atoms with Gasteiger partial charge in [-0.25, -0.2) is 4.39 Å². The van der Waals surface area contributed by atoms with E-state index in [0.29, 0.717) is 12.1 Å². The maximum Gasteiger partial charge on any atom is 0.238 e. The van der Waals surface area contributed by atoms with Crippen molar-refractivity contribution in [2.75, 3.05) is 26.7 Å². The number of nitrogens with one attached hydrogen (secondary N) is 2. The summed E-state index contributed by atoms with van der Waals surface area (Å²) in [6.07, 6.45) is 0.772. The van der Waals surface area contributed by atoms with Gasteiger partial charge in [0.2, 0.25) is 5.91 Å². The van der Waals surface area contributed by atoms with Gasteiger partial charge in [-0.2, -0.15) is 0 Å². The summed E-state index contributed by atoms with van der Waals surface area (Å²) in [5, 5.41) is 5.92. The molecule has 2 atom stereocenters. The van der Waals surface area contributed by atoms with Gasteiger partial charge in [0.05, 0.1) is 0 Å². The monoisotopic (exact) mass is 279 g/mol. The van der Waals surface area contributed by atoms with Crippen LogP contribution < -0.4 is 10.6 Å². The number of carbonyl (C=O) groups excluding carboxylic acids is 1. The van der Waals surface area contributed by atoms with Gasteiger partial charge in [0.1, 0.15) is 11.9 Å². The van der Waals surface area contributed by atoms with Crippen LogP contribution >= 0.6 is 0 Å². The van der Waals surface area contributed by atoms with Crippen molar-refractivity contribution < 1.29 is 9.18 Å². The van der Waals surface area contributed by atoms with Gasteiger partial charge in [-0.15, -0.1) is 0 Å². The van der Waals surface area contributed by atoms with Crippen molar-refractivity contribution in [3.8, 4) is 0 Å². The average molecular weight is 279 g/mol. The lowest BCUT2D eigenvalue weighted by Crippen LogP contribution is -2.58. The molecule has 1 aromatic rings. The molecular formula is C15H22FN3O. The molecule has 1 aliphatic rings. The fraction of sp³-hybridized carbons (Fsp3) is 0.533. The van der Waals surface area contributed by atoms with E-state index in [4.69, 9.17) is 0 Å². The number of hydrogen-bond donors (Lipinski definition) is 2. The van der Waals surface area contributed by atoms with Crippen LogP contribution in [0.15, 0.2) is 24.3 Å². The maximum atomic E-state index is 14.0. The molecule has 2 rings (SSSR count). The van der Waals surface area contributed by atoms with Gasteiger partial charge in [-0.3, -0.25) is 9.69 Å². The Hall–Kier alpha value is -1.46. The van der Waals surface area contributed by atoms with Crippen LogP contribution in [-0.2, 0) is 4.79 Å². The summed E-state index contributed by atoms with van der Waals surface area (Å²) < 4.78 is 14.0. The van der Waals surface area contributed by atoms with E-state index in [-0.39, 0.29) is 23.8 Å². The molecule has 0 aromatic heterocycles. The summed E-state index contributed by atoms with van der Waals surface area (Å²) in [5.41, 5.74) is 0.672. The van der Waals surface area contributed by atoms with Crippen molar-refractivity contribution in [3.05, 3.63) is 35.6 Å². The molecule has 1 aliphatic heterocycles. The Bertz CT molecular complexity index is 466. The zero-order valence-corrected chi connectivity index (χ0v) is 12.0. The molecule has 110 valence electrons. The molecule has 2 N–H and O–H groups in total. The van der Waals surface area contributed by atoms with Crippen molar-refractivity contribution in [3.63, 3.8) is 0 Å². The van der Waals surface area contributed by atoms with Crippen LogP contribution in [0.3, 0.4) is 0 Å². The Morgan fingerprint density at radius 2 is 2.30 bits per heavy atom. The van der Waals surface area contributed by atoms with E-state index >= 15 is 0 Å². The van der Waals surface area contributed by atoms with Gasteiger partial charge in [0, 0.05) is 38.3 Å². The van der Waals surface area contributed by atoms with Crippen molar-refractivity contribution in [1.82, 2.24) is 15.5 Å². The molecule has 1 fully saturated rings. The predicted octanol–water partition coefficient (Wildman–Crippen LogP) is 1.30. The average Bonchev–Trinajstić information content (AvgIpc) is 2.49. The summed E-state index contributed by atoms with van der Waals surface area (Å²) in [4.78, 5) is 14.1. The lowest BCUT2D eigenvalue weighted by molar-refractivity contribution is -0.127. The van der Waals surface area contributed by atoms with Crippen molar-refractivity contribution in [1.29, 1.82) is 0 Å². The van der Waals surface area contributed by atoms with E-state index in [2.05, 4.69) is 15.5 Å². The van der Waals surface area contributed by atoms with Crippen LogP contribution in [0.4, 0.5) is 4.39 Å². The standard InChI is InChI=1S/C15H22FN3O/c1-3-13(11-6-4-5-7-12(11)16)19-9-8-18-10-14(19)15(20)17-2/h4-7,13-14,18H,3,8-10H2,1-2H3,(H,17,20). The van der Waals surface area contributed by atoms with E-state index in [0.717, 1.165) is 19.5 Å². The Morgan fingerprint density at radius 1 is 1.55 bits per heavy atom. The van der Waals surface area contributed by atoms with Gasteiger partial charge in [-0.05, 0) is 12.5 Å². The van der Waals surface area contributed by atoms with Crippen LogP contribution in [-0.4, -0.2) is 43.5 Å². The SMILES string of the molecule is CCC(c1ccccc1F)N1CCNCC1C(=O)NC. The summed E-state index contributed by atoms with van der Waals surface area (Å²) >= 11 is 0. The first-order valence-corrected chi connectivity index (χ1v) is 7.11. The fourth-order valence-corrected chi connectivity index (χ4v) is 2.88. The third-order valence-corrected chi connectivity index (χ3v) is 3.89. The molecule has 20 heavy (non-hydrogen) atoms. The molecule has 1 amide bonds. The summed E-state index contributed by atoms with van der Waals surface area (Å²) in [7, 11) is 1.64. The second-order valence-electron chi connectivity index (χ2n) is 5.02. The van der Waals surface area contributed by atoms with E-state index in [1.54, 1.807) is 13.1 Å². The number of rotatable bonds is 4. The summed E-state index contributed by atoms with van der Waals surface area (Å²) in [6, 6.07) is 6.51. The topological polar surface area (TPSA) is 44.4 Å². The van der Waals surface area contributed by atoms with Crippen LogP contribution in [0.25, 0.3) is 0 Å². The number of halogens is 1. The normalized spacial score (nSPS) is 21.4. The predicted molar refractivity (Wildman–Crippen MR) is 76.9 cm³/mol. The number of amides is 1. The molecule has 1 aromatic carbocycles. The maximum absolute atomic E-state index is 14.0. The second kappa shape index (κ2) is 6.81. The Labute approximate surface area is 119 Å². The molecule has 0 spiro atoms. The van der Waals surface area contributed by atoms with Crippen LogP contribution in [0.5, 0.6) is 0 Å². The van der Waals surface area contributed by atoms with E-state index in [1.807, 2.05) is 19.1 Å². The molecule has 1 saturated heterocycles. The van der Waals surface area contributed by atoms with Crippen molar-refractivity contribution >= 4 is 5.91 Å². The molecule has 0 bridgehead atoms. The van der Waals surface area contributed by atoms with Crippen molar-refractivity contribution in [2.45, 2.75) is 25.4 Å². The zero-order chi connectivity index (χ0) is 14.5. The lowest BCUT2D eigenvalue weighted by atomic mass is 9.98. The van der Waals surface area contributed by atoms with Gasteiger partial charge >= 0.3 is 0 Å². The highest BCUT2D eigenvalue weighted by atomic mass is 19.1. The first kappa shape index (κ1) is 14.9. The smallest absolute Gasteiger partial charge is 0.238 e. The zero-order valence-electron chi connectivity index (χ0n) is 12.0. The fourth-order valence-electron chi connectivity index (χ4n) is 2.88. The molecule has 2 unspecified atom stereocenters.